The number of nitrogens with one attached hydrogen (secondary N) is 1. The van der Waals surface area contributed by atoms with Crippen LogP contribution >= 0.6 is 11.5 Å². The van der Waals surface area contributed by atoms with Crippen LogP contribution in [0.5, 0.6) is 0 Å². The number of aromatic nitrogens is 1. The van der Waals surface area contributed by atoms with Gasteiger partial charge in [-0.05, 0) is 24.9 Å². The minimum Gasteiger partial charge on any atom is -0.382 e. The quantitative estimate of drug-likeness (QED) is 0.844. The van der Waals surface area contributed by atoms with Gasteiger partial charge >= 0.3 is 0 Å². The molecule has 0 amide bonds. The molecule has 0 radical (unpaired) electrons. The smallest absolute Gasteiger partial charge is 0.249 e. The Kier molecular flexibility index (Phi) is 4.34. The lowest BCUT2D eigenvalue weighted by atomic mass is 10.3. The summed E-state index contributed by atoms with van der Waals surface area (Å²) in [5.41, 5.74) is 5.64. The van der Waals surface area contributed by atoms with Crippen molar-refractivity contribution in [1.82, 2.24) is 8.68 Å². The molecule has 1 aromatic rings. The molecule has 17 heavy (non-hydrogen) atoms. The normalized spacial score (nSPS) is 13.9. The molecule has 0 aliphatic carbocycles. The van der Waals surface area contributed by atoms with E-state index >= 15 is 0 Å². The number of hydrogen-bond donors (Lipinski definition) is 2. The van der Waals surface area contributed by atoms with E-state index in [1.165, 1.54) is 14.1 Å². The molecular formula is C9H18N4O2S2. The van der Waals surface area contributed by atoms with Gasteiger partial charge in [0.15, 0.2) is 10.7 Å². The van der Waals surface area contributed by atoms with Gasteiger partial charge in [-0.1, -0.05) is 6.92 Å². The molecule has 0 fully saturated rings. The van der Waals surface area contributed by atoms with Gasteiger partial charge in [0.05, 0.1) is 0 Å². The molecule has 0 aliphatic heterocycles. The molecule has 6 nitrogen and oxygen atoms in total. The van der Waals surface area contributed by atoms with E-state index in [2.05, 4.69) is 9.69 Å². The van der Waals surface area contributed by atoms with Gasteiger partial charge in [0.1, 0.15) is 5.00 Å². The molecule has 0 aliphatic rings. The third kappa shape index (κ3) is 2.88. The van der Waals surface area contributed by atoms with Crippen molar-refractivity contribution in [3.05, 3.63) is 0 Å². The fourth-order valence-electron chi connectivity index (χ4n) is 1.14. The van der Waals surface area contributed by atoms with Gasteiger partial charge in [-0.25, -0.2) is 12.7 Å². The van der Waals surface area contributed by atoms with Crippen molar-refractivity contribution >= 4 is 32.4 Å². The highest BCUT2D eigenvalue weighted by molar-refractivity contribution is 7.89. The van der Waals surface area contributed by atoms with E-state index in [1.54, 1.807) is 0 Å². The number of nitrogens with two attached hydrogens (primary N) is 1. The van der Waals surface area contributed by atoms with Crippen molar-refractivity contribution in [2.24, 2.45) is 0 Å². The summed E-state index contributed by atoms with van der Waals surface area (Å²) in [4.78, 5) is 0.0767. The highest BCUT2D eigenvalue weighted by Gasteiger charge is 2.27. The summed E-state index contributed by atoms with van der Waals surface area (Å²) < 4.78 is 29.2. The topological polar surface area (TPSA) is 88.3 Å². The van der Waals surface area contributed by atoms with Crippen LogP contribution in [0.25, 0.3) is 0 Å². The summed E-state index contributed by atoms with van der Waals surface area (Å²) in [5.74, 6) is 0.0505. The Bertz CT molecular complexity index is 481. The summed E-state index contributed by atoms with van der Waals surface area (Å²) in [6, 6.07) is 0.172. The first-order chi connectivity index (χ1) is 7.80. The van der Waals surface area contributed by atoms with Gasteiger partial charge in [-0.3, -0.25) is 0 Å². The minimum atomic E-state index is -3.55. The Hall–Kier alpha value is -0.860. The van der Waals surface area contributed by atoms with Gasteiger partial charge in [-0.15, -0.1) is 0 Å². The van der Waals surface area contributed by atoms with Gasteiger partial charge in [0, 0.05) is 20.1 Å². The largest absolute Gasteiger partial charge is 0.382 e. The zero-order chi connectivity index (χ0) is 13.2. The van der Waals surface area contributed by atoms with E-state index in [-0.39, 0.29) is 16.8 Å². The third-order valence-electron chi connectivity index (χ3n) is 2.40. The van der Waals surface area contributed by atoms with Crippen LogP contribution in [0, 0.1) is 0 Å². The van der Waals surface area contributed by atoms with Crippen molar-refractivity contribution < 1.29 is 8.42 Å². The fourth-order valence-corrected chi connectivity index (χ4v) is 3.32. The zero-order valence-corrected chi connectivity index (χ0v) is 12.0. The van der Waals surface area contributed by atoms with Gasteiger partial charge in [0.2, 0.25) is 10.0 Å². The molecule has 1 aromatic heterocycles. The number of sulfonamides is 1. The Labute approximate surface area is 106 Å². The second-order valence-electron chi connectivity index (χ2n) is 3.97. The second kappa shape index (κ2) is 5.19. The molecule has 3 N–H and O–H groups in total. The van der Waals surface area contributed by atoms with Crippen molar-refractivity contribution in [2.75, 3.05) is 25.1 Å². The first-order valence-electron chi connectivity index (χ1n) is 5.24. The van der Waals surface area contributed by atoms with Crippen molar-refractivity contribution in [3.63, 3.8) is 0 Å². The molecule has 98 valence electrons. The lowest BCUT2D eigenvalue weighted by Gasteiger charge is -2.15. The van der Waals surface area contributed by atoms with E-state index in [9.17, 15) is 8.42 Å². The summed E-state index contributed by atoms with van der Waals surface area (Å²) in [6.45, 7) is 3.99. The number of rotatable bonds is 5. The van der Waals surface area contributed by atoms with Crippen LogP contribution in [0.4, 0.5) is 10.8 Å². The molecule has 0 spiro atoms. The van der Waals surface area contributed by atoms with E-state index in [0.717, 1.165) is 22.3 Å². The maximum atomic E-state index is 12.1. The number of hydrogen-bond acceptors (Lipinski definition) is 6. The Morgan fingerprint density at radius 2 is 2.12 bits per heavy atom. The summed E-state index contributed by atoms with van der Waals surface area (Å²) in [7, 11) is -0.612. The maximum absolute atomic E-state index is 12.1. The van der Waals surface area contributed by atoms with Gasteiger partial charge in [-0.2, -0.15) is 4.37 Å². The summed E-state index contributed by atoms with van der Waals surface area (Å²) in [5, 5.41) is 3.62. The molecular weight excluding hydrogens is 260 g/mol. The highest BCUT2D eigenvalue weighted by Crippen LogP contribution is 2.33. The van der Waals surface area contributed by atoms with Crippen molar-refractivity contribution in [1.29, 1.82) is 0 Å². The van der Waals surface area contributed by atoms with Crippen LogP contribution in [0.15, 0.2) is 4.90 Å². The fraction of sp³-hybridized carbons (Fsp3) is 0.667. The van der Waals surface area contributed by atoms with Crippen LogP contribution in [0.1, 0.15) is 20.3 Å². The lowest BCUT2D eigenvalue weighted by molar-refractivity contribution is 0.521. The number of nitrogen functional groups attached to an aromatic ring is 1. The highest BCUT2D eigenvalue weighted by atomic mass is 32.2. The predicted octanol–water partition coefficient (Wildman–Crippen LogP) is 1.19. The summed E-state index contributed by atoms with van der Waals surface area (Å²) >= 11 is 1.07. The first kappa shape index (κ1) is 14.2. The van der Waals surface area contributed by atoms with E-state index in [0.29, 0.717) is 5.00 Å². The van der Waals surface area contributed by atoms with Crippen molar-refractivity contribution in [2.45, 2.75) is 31.2 Å². The van der Waals surface area contributed by atoms with Gasteiger partial charge < -0.3 is 11.1 Å². The third-order valence-corrected chi connectivity index (χ3v) is 5.22. The molecule has 1 atom stereocenters. The average molecular weight is 278 g/mol. The van der Waals surface area contributed by atoms with Crippen LogP contribution in [-0.4, -0.2) is 37.2 Å². The maximum Gasteiger partial charge on any atom is 0.249 e. The Morgan fingerprint density at radius 1 is 1.53 bits per heavy atom. The van der Waals surface area contributed by atoms with Crippen LogP contribution in [0.2, 0.25) is 0 Å². The molecule has 0 bridgehead atoms. The van der Waals surface area contributed by atoms with E-state index in [1.807, 2.05) is 13.8 Å². The second-order valence-corrected chi connectivity index (χ2v) is 6.83. The molecule has 0 saturated heterocycles. The lowest BCUT2D eigenvalue weighted by Crippen LogP contribution is -2.24. The molecule has 0 aromatic carbocycles. The monoisotopic (exact) mass is 278 g/mol. The van der Waals surface area contributed by atoms with Crippen LogP contribution in [0.3, 0.4) is 0 Å². The van der Waals surface area contributed by atoms with Crippen LogP contribution < -0.4 is 11.1 Å². The Morgan fingerprint density at radius 3 is 2.59 bits per heavy atom. The predicted molar refractivity (Wildman–Crippen MR) is 70.8 cm³/mol. The molecule has 1 rings (SSSR count). The van der Waals surface area contributed by atoms with Gasteiger partial charge in [0.25, 0.3) is 0 Å². The SMILES string of the molecule is CCC(C)Nc1snc(N)c1S(=O)(=O)N(C)C. The molecule has 8 heteroatoms. The Balaban J connectivity index is 3.20. The average Bonchev–Trinajstić information content (AvgIpc) is 2.59. The van der Waals surface area contributed by atoms with Crippen LogP contribution in [-0.2, 0) is 10.0 Å². The van der Waals surface area contributed by atoms with Crippen molar-refractivity contribution in [3.8, 4) is 0 Å². The minimum absolute atomic E-state index is 0.0505. The van der Waals surface area contributed by atoms with E-state index < -0.39 is 10.0 Å². The molecule has 1 heterocycles. The summed E-state index contributed by atoms with van der Waals surface area (Å²) in [6.07, 6.45) is 0.888. The standard InChI is InChI=1S/C9H18N4O2S2/c1-5-6(2)11-9-7(8(10)12-16-9)17(14,15)13(3)4/h6,11H,5H2,1-4H3,(H2,10,12). The number of nitrogens with zero attached hydrogens (tertiary/aromatic N) is 2. The van der Waals surface area contributed by atoms with E-state index in [4.69, 9.17) is 5.73 Å². The number of anilines is 2. The molecule has 0 saturated carbocycles. The molecule has 1 unspecified atom stereocenters. The zero-order valence-electron chi connectivity index (χ0n) is 10.4. The first-order valence-corrected chi connectivity index (χ1v) is 7.46.